The molecule has 1 aromatic carbocycles. The van der Waals surface area contributed by atoms with E-state index in [0.717, 1.165) is 56.0 Å². The third-order valence-corrected chi connectivity index (χ3v) is 4.95. The second kappa shape index (κ2) is 6.62. The van der Waals surface area contributed by atoms with Crippen LogP contribution in [0.15, 0.2) is 12.1 Å². The summed E-state index contributed by atoms with van der Waals surface area (Å²) in [4.78, 5) is 14.0. The summed E-state index contributed by atoms with van der Waals surface area (Å²) >= 11 is 0. The first kappa shape index (κ1) is 16.9. The number of fused-ring (bicyclic) bond motifs is 1. The SMILES string of the molecule is O=C(Nc1cc(F)c(F)c(F)c1)N1CCC[C@@H](c2nnc3n2CCC3)C1. The number of piperidine rings is 1. The summed E-state index contributed by atoms with van der Waals surface area (Å²) in [5, 5.41) is 10.9. The predicted molar refractivity (Wildman–Crippen MR) is 87.2 cm³/mol. The van der Waals surface area contributed by atoms with Gasteiger partial charge in [0.25, 0.3) is 0 Å². The molecule has 138 valence electrons. The largest absolute Gasteiger partial charge is 0.324 e. The van der Waals surface area contributed by atoms with E-state index in [1.165, 1.54) is 0 Å². The van der Waals surface area contributed by atoms with Crippen molar-refractivity contribution in [2.45, 2.75) is 38.1 Å². The molecule has 1 saturated heterocycles. The van der Waals surface area contributed by atoms with Gasteiger partial charge in [0.15, 0.2) is 17.5 Å². The summed E-state index contributed by atoms with van der Waals surface area (Å²) in [7, 11) is 0. The van der Waals surface area contributed by atoms with Crippen LogP contribution in [0, 0.1) is 17.5 Å². The van der Waals surface area contributed by atoms with E-state index in [1.807, 2.05) is 0 Å². The van der Waals surface area contributed by atoms with Crippen molar-refractivity contribution in [1.82, 2.24) is 19.7 Å². The third kappa shape index (κ3) is 3.02. The lowest BCUT2D eigenvalue weighted by Gasteiger charge is -2.32. The number of carbonyl (C=O) groups is 1. The number of nitrogens with one attached hydrogen (secondary N) is 1. The van der Waals surface area contributed by atoms with Crippen molar-refractivity contribution in [2.75, 3.05) is 18.4 Å². The molecule has 0 spiro atoms. The average Bonchev–Trinajstić information content (AvgIpc) is 3.23. The molecule has 0 bridgehead atoms. The van der Waals surface area contributed by atoms with Crippen LogP contribution in [0.1, 0.15) is 36.8 Å². The lowest BCUT2D eigenvalue weighted by Crippen LogP contribution is -2.42. The summed E-state index contributed by atoms with van der Waals surface area (Å²) < 4.78 is 41.8. The molecule has 1 aromatic heterocycles. The van der Waals surface area contributed by atoms with Crippen LogP contribution >= 0.6 is 0 Å². The Kier molecular flexibility index (Phi) is 4.29. The summed E-state index contributed by atoms with van der Waals surface area (Å²) in [5.74, 6) is -2.27. The Bertz CT molecular complexity index is 830. The highest BCUT2D eigenvalue weighted by atomic mass is 19.2. The number of aromatic nitrogens is 3. The van der Waals surface area contributed by atoms with Crippen molar-refractivity contribution >= 4 is 11.7 Å². The molecule has 1 fully saturated rings. The number of urea groups is 1. The monoisotopic (exact) mass is 365 g/mol. The number of anilines is 1. The smallest absolute Gasteiger partial charge is 0.321 e. The molecule has 2 aromatic rings. The topological polar surface area (TPSA) is 63.1 Å². The van der Waals surface area contributed by atoms with E-state index in [0.29, 0.717) is 13.1 Å². The van der Waals surface area contributed by atoms with Crippen molar-refractivity contribution in [2.24, 2.45) is 0 Å². The minimum absolute atomic E-state index is 0.0792. The lowest BCUT2D eigenvalue weighted by atomic mass is 9.97. The molecule has 3 heterocycles. The van der Waals surface area contributed by atoms with Gasteiger partial charge in [-0.1, -0.05) is 0 Å². The minimum atomic E-state index is -1.55. The molecule has 2 amide bonds. The van der Waals surface area contributed by atoms with E-state index < -0.39 is 23.5 Å². The standard InChI is InChI=1S/C17H18F3N5O/c18-12-7-11(8-13(19)15(12)20)21-17(26)24-5-1-3-10(9-24)16-23-22-14-4-2-6-25(14)16/h7-8,10H,1-6,9H2,(H,21,26)/t10-/m1/s1. The van der Waals surface area contributed by atoms with Crippen LogP contribution in [0.25, 0.3) is 0 Å². The zero-order chi connectivity index (χ0) is 18.3. The normalized spacial score (nSPS) is 19.5. The average molecular weight is 365 g/mol. The number of likely N-dealkylation sites (tertiary alicyclic amines) is 1. The number of rotatable bonds is 2. The van der Waals surface area contributed by atoms with Crippen LogP contribution in [0.4, 0.5) is 23.7 Å². The fourth-order valence-corrected chi connectivity index (χ4v) is 3.68. The van der Waals surface area contributed by atoms with Crippen LogP contribution in [-0.2, 0) is 13.0 Å². The molecule has 0 aliphatic carbocycles. The first-order valence-corrected chi connectivity index (χ1v) is 8.65. The number of carbonyl (C=O) groups excluding carboxylic acids is 1. The Morgan fingerprint density at radius 1 is 1.12 bits per heavy atom. The molecule has 1 atom stereocenters. The maximum atomic E-state index is 13.3. The fourth-order valence-electron chi connectivity index (χ4n) is 3.68. The van der Waals surface area contributed by atoms with E-state index in [2.05, 4.69) is 20.1 Å². The molecule has 0 unspecified atom stereocenters. The number of hydrogen-bond donors (Lipinski definition) is 1. The number of nitrogens with zero attached hydrogens (tertiary/aromatic N) is 4. The molecule has 0 saturated carbocycles. The Morgan fingerprint density at radius 2 is 1.88 bits per heavy atom. The summed E-state index contributed by atoms with van der Waals surface area (Å²) in [6.07, 6.45) is 3.68. The predicted octanol–water partition coefficient (Wildman–Crippen LogP) is 3.05. The lowest BCUT2D eigenvalue weighted by molar-refractivity contribution is 0.190. The fraction of sp³-hybridized carbons (Fsp3) is 0.471. The molecule has 4 rings (SSSR count). The van der Waals surface area contributed by atoms with Crippen LogP contribution in [-0.4, -0.2) is 38.8 Å². The van der Waals surface area contributed by atoms with Gasteiger partial charge in [0.05, 0.1) is 0 Å². The molecule has 1 N–H and O–H groups in total. The molecule has 0 radical (unpaired) electrons. The number of amides is 2. The maximum Gasteiger partial charge on any atom is 0.321 e. The van der Waals surface area contributed by atoms with Crippen molar-refractivity contribution in [3.8, 4) is 0 Å². The molecule has 6 nitrogen and oxygen atoms in total. The van der Waals surface area contributed by atoms with E-state index in [4.69, 9.17) is 0 Å². The highest BCUT2D eigenvalue weighted by Gasteiger charge is 2.30. The van der Waals surface area contributed by atoms with Crippen molar-refractivity contribution in [3.05, 3.63) is 41.2 Å². The van der Waals surface area contributed by atoms with Crippen molar-refractivity contribution in [1.29, 1.82) is 0 Å². The summed E-state index contributed by atoms with van der Waals surface area (Å²) in [6.45, 7) is 1.89. The van der Waals surface area contributed by atoms with Crippen LogP contribution in [0.3, 0.4) is 0 Å². The summed E-state index contributed by atoms with van der Waals surface area (Å²) in [6, 6.07) is 1.06. The Hall–Kier alpha value is -2.58. The third-order valence-electron chi connectivity index (χ3n) is 4.95. The molecule has 2 aliphatic heterocycles. The van der Waals surface area contributed by atoms with Crippen LogP contribution in [0.5, 0.6) is 0 Å². The second-order valence-corrected chi connectivity index (χ2v) is 6.70. The number of benzene rings is 1. The van der Waals surface area contributed by atoms with Gasteiger partial charge >= 0.3 is 6.03 Å². The van der Waals surface area contributed by atoms with Gasteiger partial charge in [-0.15, -0.1) is 10.2 Å². The van der Waals surface area contributed by atoms with Gasteiger partial charge in [-0.25, -0.2) is 18.0 Å². The van der Waals surface area contributed by atoms with Gasteiger partial charge in [0, 0.05) is 49.8 Å². The molecular weight excluding hydrogens is 347 g/mol. The van der Waals surface area contributed by atoms with Gasteiger partial charge in [0.2, 0.25) is 0 Å². The minimum Gasteiger partial charge on any atom is -0.324 e. The van der Waals surface area contributed by atoms with E-state index in [1.54, 1.807) is 4.90 Å². The zero-order valence-electron chi connectivity index (χ0n) is 14.0. The Balaban J connectivity index is 1.46. The van der Waals surface area contributed by atoms with E-state index >= 15 is 0 Å². The van der Waals surface area contributed by atoms with Gasteiger partial charge in [-0.05, 0) is 19.3 Å². The summed E-state index contributed by atoms with van der Waals surface area (Å²) in [5.41, 5.74) is -0.114. The molecule has 9 heteroatoms. The van der Waals surface area contributed by atoms with Gasteiger partial charge in [-0.2, -0.15) is 0 Å². The first-order valence-electron chi connectivity index (χ1n) is 8.65. The molecule has 26 heavy (non-hydrogen) atoms. The number of aryl methyl sites for hydroxylation is 1. The van der Waals surface area contributed by atoms with Gasteiger partial charge in [-0.3, -0.25) is 0 Å². The Morgan fingerprint density at radius 3 is 2.65 bits per heavy atom. The first-order chi connectivity index (χ1) is 12.5. The zero-order valence-corrected chi connectivity index (χ0v) is 14.0. The molecular formula is C17H18F3N5O. The highest BCUT2D eigenvalue weighted by Crippen LogP contribution is 2.29. The number of hydrogen-bond acceptors (Lipinski definition) is 3. The van der Waals surface area contributed by atoms with Crippen molar-refractivity contribution in [3.63, 3.8) is 0 Å². The van der Waals surface area contributed by atoms with Crippen LogP contribution < -0.4 is 5.32 Å². The molecule has 2 aliphatic rings. The Labute approximate surface area is 148 Å². The quantitative estimate of drug-likeness (QED) is 0.832. The second-order valence-electron chi connectivity index (χ2n) is 6.70. The van der Waals surface area contributed by atoms with E-state index in [9.17, 15) is 18.0 Å². The highest BCUT2D eigenvalue weighted by molar-refractivity contribution is 5.89. The van der Waals surface area contributed by atoms with Crippen LogP contribution in [0.2, 0.25) is 0 Å². The van der Waals surface area contributed by atoms with Gasteiger partial charge < -0.3 is 14.8 Å². The van der Waals surface area contributed by atoms with Gasteiger partial charge in [0.1, 0.15) is 11.6 Å². The van der Waals surface area contributed by atoms with E-state index in [-0.39, 0.29) is 11.6 Å². The van der Waals surface area contributed by atoms with Crippen molar-refractivity contribution < 1.29 is 18.0 Å². The maximum absolute atomic E-state index is 13.3. The number of halogens is 3.